The number of fused-ring (bicyclic) bond motifs is 1. The van der Waals surface area contributed by atoms with Gasteiger partial charge in [0.25, 0.3) is 5.91 Å². The number of rotatable bonds is 10. The van der Waals surface area contributed by atoms with Crippen LogP contribution in [0.3, 0.4) is 0 Å². The van der Waals surface area contributed by atoms with E-state index in [2.05, 4.69) is 12.2 Å². The molecule has 0 unspecified atom stereocenters. The van der Waals surface area contributed by atoms with E-state index < -0.39 is 0 Å². The topological polar surface area (TPSA) is 47.6 Å². The molecule has 122 valence electrons. The number of nitrogens with one attached hydrogen (secondary N) is 1. The minimum absolute atomic E-state index is 0.0405. The van der Waals surface area contributed by atoms with E-state index in [1.807, 2.05) is 0 Å². The Morgan fingerprint density at radius 2 is 1.68 bits per heavy atom. The third kappa shape index (κ3) is 5.24. The lowest BCUT2D eigenvalue weighted by Gasteiger charge is -2.06. The van der Waals surface area contributed by atoms with Crippen LogP contribution < -0.4 is 14.8 Å². The molecule has 1 N–H and O–H groups in total. The highest BCUT2D eigenvalue weighted by molar-refractivity contribution is 5.94. The molecule has 4 heteroatoms. The second kappa shape index (κ2) is 9.34. The van der Waals surface area contributed by atoms with E-state index in [-0.39, 0.29) is 12.7 Å². The lowest BCUT2D eigenvalue weighted by Crippen LogP contribution is -2.24. The van der Waals surface area contributed by atoms with Gasteiger partial charge in [0.15, 0.2) is 11.5 Å². The van der Waals surface area contributed by atoms with Gasteiger partial charge in [0.05, 0.1) is 0 Å². The summed E-state index contributed by atoms with van der Waals surface area (Å²) in [5.41, 5.74) is 0.629. The highest BCUT2D eigenvalue weighted by Crippen LogP contribution is 2.32. The average molecular weight is 305 g/mol. The number of unbranched alkanes of at least 4 members (excludes halogenated alkanes) is 7. The molecule has 1 aromatic carbocycles. The fourth-order valence-corrected chi connectivity index (χ4v) is 2.60. The van der Waals surface area contributed by atoms with Crippen molar-refractivity contribution in [3.63, 3.8) is 0 Å². The van der Waals surface area contributed by atoms with Crippen LogP contribution >= 0.6 is 0 Å². The fraction of sp³-hybridized carbons (Fsp3) is 0.611. The summed E-state index contributed by atoms with van der Waals surface area (Å²) < 4.78 is 10.5. The van der Waals surface area contributed by atoms with Crippen molar-refractivity contribution in [2.75, 3.05) is 13.3 Å². The number of carbonyl (C=O) groups is 1. The number of ether oxygens (including phenoxy) is 2. The summed E-state index contributed by atoms with van der Waals surface area (Å²) in [6.45, 7) is 3.21. The molecule has 0 fully saturated rings. The third-order valence-corrected chi connectivity index (χ3v) is 3.95. The molecule has 22 heavy (non-hydrogen) atoms. The monoisotopic (exact) mass is 305 g/mol. The summed E-state index contributed by atoms with van der Waals surface area (Å²) >= 11 is 0. The molecule has 0 saturated heterocycles. The number of carbonyl (C=O) groups excluding carboxylic acids is 1. The van der Waals surface area contributed by atoms with Gasteiger partial charge < -0.3 is 14.8 Å². The van der Waals surface area contributed by atoms with Crippen LogP contribution in [-0.4, -0.2) is 19.2 Å². The summed E-state index contributed by atoms with van der Waals surface area (Å²) in [7, 11) is 0. The van der Waals surface area contributed by atoms with Crippen LogP contribution in [0.4, 0.5) is 0 Å². The molecule has 0 atom stereocenters. The summed E-state index contributed by atoms with van der Waals surface area (Å²) in [6, 6.07) is 5.30. The molecule has 1 aliphatic heterocycles. The smallest absolute Gasteiger partial charge is 0.251 e. The highest BCUT2D eigenvalue weighted by Gasteiger charge is 2.15. The van der Waals surface area contributed by atoms with Gasteiger partial charge in [-0.05, 0) is 24.6 Å². The van der Waals surface area contributed by atoms with Crippen molar-refractivity contribution < 1.29 is 14.3 Å². The molecular formula is C18H27NO3. The van der Waals surface area contributed by atoms with E-state index in [0.29, 0.717) is 17.1 Å². The zero-order chi connectivity index (χ0) is 15.6. The zero-order valence-corrected chi connectivity index (χ0v) is 13.5. The standard InChI is InChI=1S/C18H27NO3/c1-2-3-4-5-6-7-8-9-12-19-18(20)15-10-11-16-17(13-15)22-14-21-16/h10-11,13H,2-9,12,14H2,1H3,(H,19,20). The fourth-order valence-electron chi connectivity index (χ4n) is 2.60. The Hall–Kier alpha value is -1.71. The van der Waals surface area contributed by atoms with Crippen LogP contribution in [0, 0.1) is 0 Å². The first-order valence-corrected chi connectivity index (χ1v) is 8.49. The van der Waals surface area contributed by atoms with Gasteiger partial charge in [0, 0.05) is 12.1 Å². The van der Waals surface area contributed by atoms with Crippen LogP contribution in [0.25, 0.3) is 0 Å². The Bertz CT molecular complexity index is 473. The molecule has 0 aliphatic carbocycles. The number of benzene rings is 1. The first-order chi connectivity index (χ1) is 10.8. The maximum absolute atomic E-state index is 12.0. The van der Waals surface area contributed by atoms with Crippen molar-refractivity contribution in [1.29, 1.82) is 0 Å². The normalized spacial score (nSPS) is 12.4. The van der Waals surface area contributed by atoms with Gasteiger partial charge >= 0.3 is 0 Å². The molecular weight excluding hydrogens is 278 g/mol. The van der Waals surface area contributed by atoms with Crippen molar-refractivity contribution in [1.82, 2.24) is 5.32 Å². The molecule has 2 rings (SSSR count). The minimum atomic E-state index is -0.0405. The zero-order valence-electron chi connectivity index (χ0n) is 13.5. The molecule has 0 bridgehead atoms. The Morgan fingerprint density at radius 1 is 1.00 bits per heavy atom. The number of hydrogen-bond acceptors (Lipinski definition) is 3. The van der Waals surface area contributed by atoms with E-state index in [1.165, 1.54) is 44.9 Å². The Kier molecular flexibility index (Phi) is 7.07. The Balaban J connectivity index is 1.56. The molecule has 1 aromatic rings. The predicted molar refractivity (Wildman–Crippen MR) is 87.5 cm³/mol. The van der Waals surface area contributed by atoms with Gasteiger partial charge in [-0.1, -0.05) is 51.9 Å². The molecule has 4 nitrogen and oxygen atoms in total. The molecule has 0 radical (unpaired) electrons. The first kappa shape index (κ1) is 16.7. The first-order valence-electron chi connectivity index (χ1n) is 8.49. The average Bonchev–Trinajstić information content (AvgIpc) is 3.00. The van der Waals surface area contributed by atoms with Gasteiger partial charge in [0.2, 0.25) is 6.79 Å². The molecule has 1 amide bonds. The van der Waals surface area contributed by atoms with E-state index in [4.69, 9.17) is 9.47 Å². The van der Waals surface area contributed by atoms with Crippen molar-refractivity contribution in [2.45, 2.75) is 58.3 Å². The van der Waals surface area contributed by atoms with Crippen LogP contribution in [-0.2, 0) is 0 Å². The largest absolute Gasteiger partial charge is 0.454 e. The van der Waals surface area contributed by atoms with E-state index in [0.717, 1.165) is 13.0 Å². The molecule has 0 spiro atoms. The minimum Gasteiger partial charge on any atom is -0.454 e. The number of hydrogen-bond donors (Lipinski definition) is 1. The highest BCUT2D eigenvalue weighted by atomic mass is 16.7. The van der Waals surface area contributed by atoms with E-state index >= 15 is 0 Å². The predicted octanol–water partition coefficient (Wildman–Crippen LogP) is 4.29. The van der Waals surface area contributed by atoms with Crippen LogP contribution in [0.2, 0.25) is 0 Å². The second-order valence-corrected chi connectivity index (χ2v) is 5.80. The SMILES string of the molecule is CCCCCCCCCCNC(=O)c1ccc2c(c1)OCO2. The summed E-state index contributed by atoms with van der Waals surface area (Å²) in [6.07, 6.45) is 10.2. The summed E-state index contributed by atoms with van der Waals surface area (Å²) in [5.74, 6) is 1.32. The van der Waals surface area contributed by atoms with Crippen molar-refractivity contribution >= 4 is 5.91 Å². The van der Waals surface area contributed by atoms with Crippen molar-refractivity contribution in [3.8, 4) is 11.5 Å². The lowest BCUT2D eigenvalue weighted by atomic mass is 10.1. The van der Waals surface area contributed by atoms with Crippen LogP contribution in [0.5, 0.6) is 11.5 Å². The van der Waals surface area contributed by atoms with Gasteiger partial charge in [-0.25, -0.2) is 0 Å². The quantitative estimate of drug-likeness (QED) is 0.656. The summed E-state index contributed by atoms with van der Waals surface area (Å²) in [5, 5.41) is 2.97. The maximum atomic E-state index is 12.0. The van der Waals surface area contributed by atoms with Gasteiger partial charge in [-0.3, -0.25) is 4.79 Å². The van der Waals surface area contributed by atoms with E-state index in [1.54, 1.807) is 18.2 Å². The molecule has 1 aliphatic rings. The second-order valence-electron chi connectivity index (χ2n) is 5.80. The molecule has 1 heterocycles. The van der Waals surface area contributed by atoms with E-state index in [9.17, 15) is 4.79 Å². The lowest BCUT2D eigenvalue weighted by molar-refractivity contribution is 0.0952. The Labute approximate surface area is 133 Å². The molecule has 0 saturated carbocycles. The summed E-state index contributed by atoms with van der Waals surface area (Å²) in [4.78, 5) is 12.0. The third-order valence-electron chi connectivity index (χ3n) is 3.95. The van der Waals surface area contributed by atoms with Gasteiger partial charge in [-0.2, -0.15) is 0 Å². The van der Waals surface area contributed by atoms with Crippen molar-refractivity contribution in [2.24, 2.45) is 0 Å². The molecule has 0 aromatic heterocycles. The van der Waals surface area contributed by atoms with Gasteiger partial charge in [0.1, 0.15) is 0 Å². The van der Waals surface area contributed by atoms with Crippen LogP contribution in [0.15, 0.2) is 18.2 Å². The Morgan fingerprint density at radius 3 is 2.45 bits per heavy atom. The van der Waals surface area contributed by atoms with Crippen molar-refractivity contribution in [3.05, 3.63) is 23.8 Å². The van der Waals surface area contributed by atoms with Gasteiger partial charge in [-0.15, -0.1) is 0 Å². The maximum Gasteiger partial charge on any atom is 0.251 e. The van der Waals surface area contributed by atoms with Crippen LogP contribution in [0.1, 0.15) is 68.6 Å². The number of amides is 1.